The monoisotopic (exact) mass is 340 g/mol. The standard InChI is InChI=1S/C19H24N4O2/c1-3-16(15-7-5-4-6-8-15)21-18(24)19(25)22-17-11-12-20-23(17)13(2)14-9-10-14/h4-8,11-14,16H,3,9-10H2,1-2H3,(H,21,24)(H,22,25)/t13-,16+/m0/s1. The molecule has 2 atom stereocenters. The van der Waals surface area contributed by atoms with E-state index in [0.717, 1.165) is 5.56 Å². The number of amides is 2. The molecule has 25 heavy (non-hydrogen) atoms. The molecular weight excluding hydrogens is 316 g/mol. The first-order valence-electron chi connectivity index (χ1n) is 8.80. The van der Waals surface area contributed by atoms with Gasteiger partial charge in [0.15, 0.2) is 0 Å². The molecule has 1 aromatic heterocycles. The predicted octanol–water partition coefficient (Wildman–Crippen LogP) is 3.06. The summed E-state index contributed by atoms with van der Waals surface area (Å²) in [6, 6.07) is 11.4. The Kier molecular flexibility index (Phi) is 5.16. The van der Waals surface area contributed by atoms with Gasteiger partial charge in [0, 0.05) is 6.07 Å². The Labute approximate surface area is 147 Å². The van der Waals surface area contributed by atoms with Crippen LogP contribution in [0.1, 0.15) is 50.8 Å². The zero-order valence-corrected chi connectivity index (χ0v) is 14.6. The van der Waals surface area contributed by atoms with Crippen molar-refractivity contribution in [3.63, 3.8) is 0 Å². The maximum Gasteiger partial charge on any atom is 0.314 e. The van der Waals surface area contributed by atoms with E-state index in [1.54, 1.807) is 16.9 Å². The average molecular weight is 340 g/mol. The van der Waals surface area contributed by atoms with Crippen molar-refractivity contribution >= 4 is 17.6 Å². The Morgan fingerprint density at radius 2 is 1.92 bits per heavy atom. The van der Waals surface area contributed by atoms with Crippen LogP contribution in [-0.4, -0.2) is 21.6 Å². The van der Waals surface area contributed by atoms with Crippen molar-refractivity contribution in [3.8, 4) is 0 Å². The van der Waals surface area contributed by atoms with Gasteiger partial charge in [0.25, 0.3) is 0 Å². The van der Waals surface area contributed by atoms with E-state index in [2.05, 4.69) is 22.7 Å². The number of aromatic nitrogens is 2. The van der Waals surface area contributed by atoms with Crippen molar-refractivity contribution in [2.75, 3.05) is 5.32 Å². The van der Waals surface area contributed by atoms with Crippen molar-refractivity contribution in [1.29, 1.82) is 0 Å². The molecule has 132 valence electrons. The minimum absolute atomic E-state index is 0.185. The lowest BCUT2D eigenvalue weighted by molar-refractivity contribution is -0.136. The number of nitrogens with zero attached hydrogens (tertiary/aromatic N) is 2. The molecule has 1 aliphatic carbocycles. The van der Waals surface area contributed by atoms with Gasteiger partial charge in [0.2, 0.25) is 0 Å². The third-order valence-corrected chi connectivity index (χ3v) is 4.72. The van der Waals surface area contributed by atoms with Gasteiger partial charge in [-0.25, -0.2) is 4.68 Å². The van der Waals surface area contributed by atoms with E-state index in [1.165, 1.54) is 12.8 Å². The van der Waals surface area contributed by atoms with Crippen LogP contribution in [0.2, 0.25) is 0 Å². The summed E-state index contributed by atoms with van der Waals surface area (Å²) in [6.45, 7) is 4.06. The van der Waals surface area contributed by atoms with Crippen molar-refractivity contribution in [3.05, 3.63) is 48.2 Å². The zero-order valence-electron chi connectivity index (χ0n) is 14.6. The Bertz CT molecular complexity index is 737. The molecule has 0 spiro atoms. The fourth-order valence-electron chi connectivity index (χ4n) is 3.02. The highest BCUT2D eigenvalue weighted by Crippen LogP contribution is 2.40. The van der Waals surface area contributed by atoms with Crippen molar-refractivity contribution < 1.29 is 9.59 Å². The highest BCUT2D eigenvalue weighted by molar-refractivity contribution is 6.39. The number of hydrogen-bond donors (Lipinski definition) is 2. The van der Waals surface area contributed by atoms with E-state index in [0.29, 0.717) is 18.2 Å². The quantitative estimate of drug-likeness (QED) is 0.794. The van der Waals surface area contributed by atoms with Crippen LogP contribution in [0.3, 0.4) is 0 Å². The lowest BCUT2D eigenvalue weighted by Gasteiger charge is -2.18. The van der Waals surface area contributed by atoms with Gasteiger partial charge < -0.3 is 10.6 Å². The number of hydrogen-bond acceptors (Lipinski definition) is 3. The van der Waals surface area contributed by atoms with E-state index in [1.807, 2.05) is 37.3 Å². The summed E-state index contributed by atoms with van der Waals surface area (Å²) in [5.74, 6) is -0.138. The highest BCUT2D eigenvalue weighted by Gasteiger charge is 2.31. The first kappa shape index (κ1) is 17.2. The lowest BCUT2D eigenvalue weighted by Crippen LogP contribution is -2.38. The molecule has 2 aromatic rings. The second kappa shape index (κ2) is 7.51. The molecule has 0 bridgehead atoms. The predicted molar refractivity (Wildman–Crippen MR) is 95.9 cm³/mol. The molecule has 1 heterocycles. The first-order chi connectivity index (χ1) is 12.1. The molecule has 0 unspecified atom stereocenters. The number of rotatable bonds is 6. The van der Waals surface area contributed by atoms with Gasteiger partial charge in [0.05, 0.1) is 18.3 Å². The van der Waals surface area contributed by atoms with Crippen LogP contribution in [0.4, 0.5) is 5.82 Å². The van der Waals surface area contributed by atoms with Gasteiger partial charge in [-0.3, -0.25) is 9.59 Å². The molecule has 3 rings (SSSR count). The summed E-state index contributed by atoms with van der Waals surface area (Å²) in [7, 11) is 0. The number of nitrogens with one attached hydrogen (secondary N) is 2. The minimum Gasteiger partial charge on any atom is -0.341 e. The van der Waals surface area contributed by atoms with Gasteiger partial charge in [0.1, 0.15) is 5.82 Å². The number of carbonyl (C=O) groups is 2. The van der Waals surface area contributed by atoms with Gasteiger partial charge >= 0.3 is 11.8 Å². The van der Waals surface area contributed by atoms with Crippen LogP contribution in [0.15, 0.2) is 42.6 Å². The van der Waals surface area contributed by atoms with E-state index in [-0.39, 0.29) is 12.1 Å². The van der Waals surface area contributed by atoms with Crippen molar-refractivity contribution in [2.45, 2.75) is 45.2 Å². The van der Waals surface area contributed by atoms with Crippen LogP contribution in [-0.2, 0) is 9.59 Å². The second-order valence-electron chi connectivity index (χ2n) is 6.54. The van der Waals surface area contributed by atoms with Crippen LogP contribution >= 0.6 is 0 Å². The molecule has 1 saturated carbocycles. The fourth-order valence-corrected chi connectivity index (χ4v) is 3.02. The molecule has 2 N–H and O–H groups in total. The molecule has 1 aliphatic rings. The van der Waals surface area contributed by atoms with Gasteiger partial charge in [-0.1, -0.05) is 37.3 Å². The smallest absolute Gasteiger partial charge is 0.314 e. The largest absolute Gasteiger partial charge is 0.341 e. The molecule has 0 aliphatic heterocycles. The van der Waals surface area contributed by atoms with Gasteiger partial charge in [-0.2, -0.15) is 5.10 Å². The summed E-state index contributed by atoms with van der Waals surface area (Å²) in [6.07, 6.45) is 4.72. The van der Waals surface area contributed by atoms with Crippen LogP contribution < -0.4 is 10.6 Å². The third-order valence-electron chi connectivity index (χ3n) is 4.72. The van der Waals surface area contributed by atoms with Crippen molar-refractivity contribution in [1.82, 2.24) is 15.1 Å². The number of benzene rings is 1. The molecular formula is C19H24N4O2. The Morgan fingerprint density at radius 3 is 2.56 bits per heavy atom. The SMILES string of the molecule is CC[C@@H](NC(=O)C(=O)Nc1ccnn1[C@@H](C)C1CC1)c1ccccc1. The number of carbonyl (C=O) groups excluding carboxylic acids is 2. The van der Waals surface area contributed by atoms with Crippen LogP contribution in [0.25, 0.3) is 0 Å². The Hall–Kier alpha value is -2.63. The second-order valence-corrected chi connectivity index (χ2v) is 6.54. The first-order valence-corrected chi connectivity index (χ1v) is 8.80. The van der Waals surface area contributed by atoms with Gasteiger partial charge in [-0.15, -0.1) is 0 Å². The van der Waals surface area contributed by atoms with E-state index < -0.39 is 11.8 Å². The minimum atomic E-state index is -0.667. The van der Waals surface area contributed by atoms with E-state index >= 15 is 0 Å². The number of anilines is 1. The third kappa shape index (κ3) is 4.07. The van der Waals surface area contributed by atoms with Crippen molar-refractivity contribution in [2.24, 2.45) is 5.92 Å². The lowest BCUT2D eigenvalue weighted by atomic mass is 10.0. The molecule has 0 radical (unpaired) electrons. The average Bonchev–Trinajstić information content (AvgIpc) is 3.39. The Morgan fingerprint density at radius 1 is 1.20 bits per heavy atom. The zero-order chi connectivity index (χ0) is 17.8. The molecule has 2 amide bonds. The molecule has 1 aromatic carbocycles. The summed E-state index contributed by atoms with van der Waals surface area (Å²) in [4.78, 5) is 24.6. The Balaban J connectivity index is 1.63. The fraction of sp³-hybridized carbons (Fsp3) is 0.421. The maximum absolute atomic E-state index is 12.3. The van der Waals surface area contributed by atoms with E-state index in [4.69, 9.17) is 0 Å². The topological polar surface area (TPSA) is 76.0 Å². The van der Waals surface area contributed by atoms with Crippen LogP contribution in [0, 0.1) is 5.92 Å². The summed E-state index contributed by atoms with van der Waals surface area (Å²) in [5.41, 5.74) is 0.985. The molecule has 6 nitrogen and oxygen atoms in total. The summed E-state index contributed by atoms with van der Waals surface area (Å²) >= 11 is 0. The normalized spacial score (nSPS) is 16.1. The molecule has 6 heteroatoms. The van der Waals surface area contributed by atoms with Crippen LogP contribution in [0.5, 0.6) is 0 Å². The maximum atomic E-state index is 12.3. The molecule has 1 fully saturated rings. The highest BCUT2D eigenvalue weighted by atomic mass is 16.2. The summed E-state index contributed by atoms with van der Waals surface area (Å²) in [5, 5.41) is 9.77. The van der Waals surface area contributed by atoms with Gasteiger partial charge in [-0.05, 0) is 37.7 Å². The molecule has 0 saturated heterocycles. The summed E-state index contributed by atoms with van der Waals surface area (Å²) < 4.78 is 1.79. The van der Waals surface area contributed by atoms with E-state index in [9.17, 15) is 9.59 Å².